The van der Waals surface area contributed by atoms with Crippen LogP contribution in [0.4, 0.5) is 18.9 Å². The van der Waals surface area contributed by atoms with Gasteiger partial charge in [-0.2, -0.15) is 13.2 Å². The van der Waals surface area contributed by atoms with Crippen LogP contribution in [0, 0.1) is 0 Å². The Bertz CT molecular complexity index is 438. The number of anilines is 1. The van der Waals surface area contributed by atoms with Crippen molar-refractivity contribution in [2.45, 2.75) is 32.5 Å². The highest BCUT2D eigenvalue weighted by atomic mass is 19.4. The van der Waals surface area contributed by atoms with E-state index in [0.717, 1.165) is 44.0 Å². The Morgan fingerprint density at radius 2 is 1.35 bits per heavy atom. The molecule has 2 rings (SSSR count). The third-order valence-electron chi connectivity index (χ3n) is 3.79. The number of benzene rings is 1. The zero-order chi connectivity index (χ0) is 15.0. The van der Waals surface area contributed by atoms with Crippen molar-refractivity contribution in [3.63, 3.8) is 0 Å². The molecule has 0 unspecified atom stereocenters. The fourth-order valence-electron chi connectivity index (χ4n) is 2.50. The lowest BCUT2D eigenvalue weighted by molar-refractivity contribution is -0.137. The van der Waals surface area contributed by atoms with Crippen molar-refractivity contribution in [1.82, 2.24) is 4.90 Å². The van der Waals surface area contributed by atoms with Crippen LogP contribution in [0.15, 0.2) is 24.3 Å². The molecule has 0 N–H and O–H groups in total. The molecule has 0 saturated carbocycles. The molecule has 1 aromatic carbocycles. The summed E-state index contributed by atoms with van der Waals surface area (Å²) < 4.78 is 37.6. The smallest absolute Gasteiger partial charge is 0.369 e. The Morgan fingerprint density at radius 1 is 0.850 bits per heavy atom. The molecule has 1 saturated heterocycles. The van der Waals surface area contributed by atoms with E-state index >= 15 is 0 Å². The summed E-state index contributed by atoms with van der Waals surface area (Å²) in [5, 5.41) is 0. The van der Waals surface area contributed by atoms with Crippen LogP contribution in [0.2, 0.25) is 0 Å². The van der Waals surface area contributed by atoms with Gasteiger partial charge in [0.2, 0.25) is 0 Å². The van der Waals surface area contributed by atoms with E-state index < -0.39 is 11.7 Å². The Labute approximate surface area is 118 Å². The third kappa shape index (κ3) is 3.45. The molecule has 5 heteroatoms. The lowest BCUT2D eigenvalue weighted by Crippen LogP contribution is -2.53. The van der Waals surface area contributed by atoms with Crippen molar-refractivity contribution < 1.29 is 13.2 Å². The first kappa shape index (κ1) is 15.2. The topological polar surface area (TPSA) is 6.48 Å². The Hall–Kier alpha value is -1.23. The predicted molar refractivity (Wildman–Crippen MR) is 75.0 cm³/mol. The second kappa shape index (κ2) is 5.28. The van der Waals surface area contributed by atoms with Gasteiger partial charge in [-0.05, 0) is 45.0 Å². The molecule has 112 valence electrons. The van der Waals surface area contributed by atoms with Gasteiger partial charge in [0.1, 0.15) is 0 Å². The second-order valence-electron chi connectivity index (χ2n) is 6.19. The number of hydrogen-bond donors (Lipinski definition) is 0. The molecule has 0 radical (unpaired) electrons. The lowest BCUT2D eigenvalue weighted by Gasteiger charge is -2.43. The van der Waals surface area contributed by atoms with Gasteiger partial charge in [0, 0.05) is 37.4 Å². The predicted octanol–water partition coefficient (Wildman–Crippen LogP) is 3.63. The minimum Gasteiger partial charge on any atom is -0.369 e. The maximum atomic E-state index is 12.5. The number of piperazine rings is 1. The molecule has 2 nitrogen and oxygen atoms in total. The molecule has 1 heterocycles. The highest BCUT2D eigenvalue weighted by Gasteiger charge is 2.30. The molecule has 0 bridgehead atoms. The van der Waals surface area contributed by atoms with Gasteiger partial charge in [-0.15, -0.1) is 0 Å². The van der Waals surface area contributed by atoms with E-state index in [4.69, 9.17) is 0 Å². The van der Waals surface area contributed by atoms with Crippen LogP contribution in [-0.2, 0) is 6.18 Å². The zero-order valence-corrected chi connectivity index (χ0v) is 12.2. The Balaban J connectivity index is 2.01. The summed E-state index contributed by atoms with van der Waals surface area (Å²) in [6, 6.07) is 5.45. The molecule has 0 aliphatic carbocycles. The quantitative estimate of drug-likeness (QED) is 0.778. The van der Waals surface area contributed by atoms with E-state index in [0.29, 0.717) is 0 Å². The molecule has 0 aromatic heterocycles. The number of alkyl halides is 3. The van der Waals surface area contributed by atoms with E-state index in [1.54, 1.807) is 12.1 Å². The fourth-order valence-corrected chi connectivity index (χ4v) is 2.50. The van der Waals surface area contributed by atoms with Gasteiger partial charge in [0.25, 0.3) is 0 Å². The molecule has 0 spiro atoms. The lowest BCUT2D eigenvalue weighted by atomic mass is 10.0. The molecular formula is C15H21F3N2. The van der Waals surface area contributed by atoms with Crippen LogP contribution in [0.3, 0.4) is 0 Å². The van der Waals surface area contributed by atoms with E-state index in [9.17, 15) is 13.2 Å². The molecule has 1 aliphatic rings. The molecule has 1 fully saturated rings. The maximum Gasteiger partial charge on any atom is 0.416 e. The van der Waals surface area contributed by atoms with E-state index in [-0.39, 0.29) is 5.54 Å². The van der Waals surface area contributed by atoms with Gasteiger partial charge in [-0.3, -0.25) is 4.90 Å². The molecule has 1 aliphatic heterocycles. The molecular weight excluding hydrogens is 265 g/mol. The summed E-state index contributed by atoms with van der Waals surface area (Å²) in [4.78, 5) is 4.54. The highest BCUT2D eigenvalue weighted by molar-refractivity contribution is 5.48. The van der Waals surface area contributed by atoms with Crippen LogP contribution in [0.5, 0.6) is 0 Å². The summed E-state index contributed by atoms with van der Waals surface area (Å²) in [6.07, 6.45) is -4.26. The van der Waals surface area contributed by atoms with Gasteiger partial charge >= 0.3 is 6.18 Å². The van der Waals surface area contributed by atoms with E-state index in [1.165, 1.54) is 0 Å². The van der Waals surface area contributed by atoms with Gasteiger partial charge in [-0.1, -0.05) is 0 Å². The van der Waals surface area contributed by atoms with Gasteiger partial charge < -0.3 is 4.90 Å². The molecule has 20 heavy (non-hydrogen) atoms. The fraction of sp³-hybridized carbons (Fsp3) is 0.600. The first-order valence-corrected chi connectivity index (χ1v) is 6.85. The largest absolute Gasteiger partial charge is 0.416 e. The van der Waals surface area contributed by atoms with Gasteiger partial charge in [0.15, 0.2) is 0 Å². The summed E-state index contributed by atoms with van der Waals surface area (Å²) in [6.45, 7) is 10.1. The Kier molecular flexibility index (Phi) is 4.00. The zero-order valence-electron chi connectivity index (χ0n) is 12.2. The average molecular weight is 286 g/mol. The molecule has 1 aromatic rings. The van der Waals surface area contributed by atoms with E-state index in [1.807, 2.05) is 0 Å². The molecule has 0 amide bonds. The number of halogens is 3. The van der Waals surface area contributed by atoms with Crippen LogP contribution >= 0.6 is 0 Å². The maximum absolute atomic E-state index is 12.5. The monoisotopic (exact) mass is 286 g/mol. The standard InChI is InChI=1S/C15H21F3N2/c1-14(2,3)20-10-8-19(9-11-20)13-6-4-12(5-7-13)15(16,17)18/h4-7H,8-11H2,1-3H3. The van der Waals surface area contributed by atoms with Crippen molar-refractivity contribution in [2.24, 2.45) is 0 Å². The average Bonchev–Trinajstić information content (AvgIpc) is 2.37. The summed E-state index contributed by atoms with van der Waals surface area (Å²) >= 11 is 0. The Morgan fingerprint density at radius 3 is 1.75 bits per heavy atom. The van der Waals surface area contributed by atoms with Crippen molar-refractivity contribution in [3.8, 4) is 0 Å². The minimum atomic E-state index is -4.26. The van der Waals surface area contributed by atoms with Crippen molar-refractivity contribution in [3.05, 3.63) is 29.8 Å². The van der Waals surface area contributed by atoms with Crippen LogP contribution in [0.1, 0.15) is 26.3 Å². The first-order chi connectivity index (χ1) is 9.18. The second-order valence-corrected chi connectivity index (χ2v) is 6.19. The first-order valence-electron chi connectivity index (χ1n) is 6.85. The van der Waals surface area contributed by atoms with Crippen molar-refractivity contribution in [2.75, 3.05) is 31.1 Å². The normalized spacial score (nSPS) is 18.4. The van der Waals surface area contributed by atoms with Crippen molar-refractivity contribution in [1.29, 1.82) is 0 Å². The summed E-state index contributed by atoms with van der Waals surface area (Å²) in [5.74, 6) is 0. The van der Waals surface area contributed by atoms with Gasteiger partial charge in [0.05, 0.1) is 5.56 Å². The number of rotatable bonds is 1. The van der Waals surface area contributed by atoms with Crippen molar-refractivity contribution >= 4 is 5.69 Å². The van der Waals surface area contributed by atoms with Crippen LogP contribution in [0.25, 0.3) is 0 Å². The van der Waals surface area contributed by atoms with Gasteiger partial charge in [-0.25, -0.2) is 0 Å². The highest BCUT2D eigenvalue weighted by Crippen LogP contribution is 2.30. The minimum absolute atomic E-state index is 0.145. The van der Waals surface area contributed by atoms with E-state index in [2.05, 4.69) is 30.6 Å². The molecule has 0 atom stereocenters. The van der Waals surface area contributed by atoms with Crippen LogP contribution in [-0.4, -0.2) is 36.6 Å². The third-order valence-corrected chi connectivity index (χ3v) is 3.79. The summed E-state index contributed by atoms with van der Waals surface area (Å²) in [7, 11) is 0. The summed E-state index contributed by atoms with van der Waals surface area (Å²) in [5.41, 5.74) is 0.424. The van der Waals surface area contributed by atoms with Crippen LogP contribution < -0.4 is 4.90 Å². The number of nitrogens with zero attached hydrogens (tertiary/aromatic N) is 2. The SMILES string of the molecule is CC(C)(C)N1CCN(c2ccc(C(F)(F)F)cc2)CC1. The number of hydrogen-bond acceptors (Lipinski definition) is 2.